The van der Waals surface area contributed by atoms with Crippen LogP contribution in [-0.4, -0.2) is 21.5 Å². The molecule has 5 rings (SSSR count). The maximum absolute atomic E-state index is 13.5. The molecule has 5 heteroatoms. The number of aryl methyl sites for hydroxylation is 1. The molecule has 1 amide bonds. The highest BCUT2D eigenvalue weighted by molar-refractivity contribution is 6.35. The molecule has 0 N–H and O–H groups in total. The zero-order valence-electron chi connectivity index (χ0n) is 18.2. The van der Waals surface area contributed by atoms with Crippen LogP contribution < -0.4 is 10.5 Å². The van der Waals surface area contributed by atoms with Gasteiger partial charge >= 0.3 is 0 Å². The number of hydrogen-bond donors (Lipinski definition) is 0. The van der Waals surface area contributed by atoms with Gasteiger partial charge in [0.05, 0.1) is 27.9 Å². The first kappa shape index (κ1) is 19.9. The third-order valence-electron chi connectivity index (χ3n) is 5.75. The molecule has 0 saturated carbocycles. The summed E-state index contributed by atoms with van der Waals surface area (Å²) in [5.74, 6) is 0.349. The van der Waals surface area contributed by atoms with Crippen LogP contribution in [-0.2, 0) is 4.79 Å². The second-order valence-electron chi connectivity index (χ2n) is 8.31. The van der Waals surface area contributed by atoms with E-state index in [0.29, 0.717) is 22.3 Å². The molecule has 1 aromatic heterocycles. The zero-order chi connectivity index (χ0) is 22.4. The average Bonchev–Trinajstić information content (AvgIpc) is 3.05. The summed E-state index contributed by atoms with van der Waals surface area (Å²) in [5.41, 5.74) is 4.47. The predicted molar refractivity (Wildman–Crippen MR) is 129 cm³/mol. The first-order chi connectivity index (χ1) is 15.5. The van der Waals surface area contributed by atoms with Crippen molar-refractivity contribution in [1.82, 2.24) is 9.55 Å². The van der Waals surface area contributed by atoms with Crippen molar-refractivity contribution >= 4 is 34.1 Å². The van der Waals surface area contributed by atoms with Crippen molar-refractivity contribution < 1.29 is 4.79 Å². The summed E-state index contributed by atoms with van der Waals surface area (Å²) in [6.07, 6.45) is 1.75. The summed E-state index contributed by atoms with van der Waals surface area (Å²) in [6, 6.07) is 22.8. The van der Waals surface area contributed by atoms with Gasteiger partial charge < -0.3 is 4.90 Å². The number of fused-ring (bicyclic) bond motifs is 2. The van der Waals surface area contributed by atoms with Crippen molar-refractivity contribution in [3.05, 3.63) is 100 Å². The Kier molecular flexibility index (Phi) is 4.74. The lowest BCUT2D eigenvalue weighted by molar-refractivity contribution is -0.113. The smallest absolute Gasteiger partial charge is 0.266 e. The number of carbonyl (C=O) groups excluding carboxylic acids is 1. The van der Waals surface area contributed by atoms with Gasteiger partial charge in [-0.3, -0.25) is 14.2 Å². The molecule has 0 radical (unpaired) electrons. The molecular weight excluding hydrogens is 398 g/mol. The highest BCUT2D eigenvalue weighted by atomic mass is 16.2. The molecule has 2 heterocycles. The number of rotatable bonds is 3. The summed E-state index contributed by atoms with van der Waals surface area (Å²) in [7, 11) is 0. The number of nitrogens with zero attached hydrogens (tertiary/aromatic N) is 3. The zero-order valence-corrected chi connectivity index (χ0v) is 18.2. The molecule has 3 aromatic carbocycles. The van der Waals surface area contributed by atoms with Gasteiger partial charge in [-0.25, -0.2) is 4.98 Å². The van der Waals surface area contributed by atoms with Crippen LogP contribution in [0.25, 0.3) is 28.2 Å². The van der Waals surface area contributed by atoms with Gasteiger partial charge in [-0.15, -0.1) is 0 Å². The summed E-state index contributed by atoms with van der Waals surface area (Å²) < 4.78 is 1.59. The number of hydrogen-bond acceptors (Lipinski definition) is 3. The fraction of sp³-hybridized carbons (Fsp3) is 0.148. The molecular formula is C27H23N3O2. The van der Waals surface area contributed by atoms with Crippen LogP contribution in [0.2, 0.25) is 0 Å². The second kappa shape index (κ2) is 7.61. The average molecular weight is 422 g/mol. The van der Waals surface area contributed by atoms with E-state index < -0.39 is 0 Å². The second-order valence-corrected chi connectivity index (χ2v) is 8.31. The Morgan fingerprint density at radius 2 is 1.66 bits per heavy atom. The number of carbonyl (C=O) groups is 1. The number of anilines is 1. The predicted octanol–water partition coefficient (Wildman–Crippen LogP) is 4.99. The van der Waals surface area contributed by atoms with Crippen molar-refractivity contribution in [3.63, 3.8) is 0 Å². The van der Waals surface area contributed by atoms with E-state index in [0.717, 1.165) is 22.5 Å². The van der Waals surface area contributed by atoms with Crippen LogP contribution in [0.4, 0.5) is 5.69 Å². The third-order valence-corrected chi connectivity index (χ3v) is 5.75. The Balaban J connectivity index is 1.82. The molecule has 0 saturated heterocycles. The van der Waals surface area contributed by atoms with Crippen molar-refractivity contribution in [3.8, 4) is 5.69 Å². The number of amides is 1. The van der Waals surface area contributed by atoms with Gasteiger partial charge in [0.1, 0.15) is 5.82 Å². The first-order valence-corrected chi connectivity index (χ1v) is 10.7. The van der Waals surface area contributed by atoms with E-state index in [-0.39, 0.29) is 17.5 Å². The fourth-order valence-corrected chi connectivity index (χ4v) is 4.31. The topological polar surface area (TPSA) is 55.2 Å². The number of benzene rings is 3. The van der Waals surface area contributed by atoms with Crippen LogP contribution in [0.5, 0.6) is 0 Å². The van der Waals surface area contributed by atoms with Gasteiger partial charge in [0, 0.05) is 11.6 Å². The van der Waals surface area contributed by atoms with Gasteiger partial charge in [0.15, 0.2) is 0 Å². The molecule has 158 valence electrons. The fourth-order valence-electron chi connectivity index (χ4n) is 4.31. The molecule has 0 atom stereocenters. The van der Waals surface area contributed by atoms with E-state index in [4.69, 9.17) is 4.98 Å². The van der Waals surface area contributed by atoms with Gasteiger partial charge in [0.2, 0.25) is 0 Å². The van der Waals surface area contributed by atoms with Crippen molar-refractivity contribution in [2.75, 3.05) is 4.90 Å². The molecule has 0 bridgehead atoms. The van der Waals surface area contributed by atoms with Crippen molar-refractivity contribution in [2.45, 2.75) is 26.8 Å². The van der Waals surface area contributed by atoms with Crippen molar-refractivity contribution in [2.24, 2.45) is 0 Å². The summed E-state index contributed by atoms with van der Waals surface area (Å²) in [4.78, 5) is 33.5. The van der Waals surface area contributed by atoms with E-state index in [1.807, 2.05) is 87.5 Å². The molecule has 32 heavy (non-hydrogen) atoms. The van der Waals surface area contributed by atoms with E-state index >= 15 is 0 Å². The Hall–Kier alpha value is -3.99. The van der Waals surface area contributed by atoms with Crippen LogP contribution >= 0.6 is 0 Å². The highest BCUT2D eigenvalue weighted by Gasteiger charge is 2.34. The van der Waals surface area contributed by atoms with Crippen LogP contribution in [0.1, 0.15) is 30.8 Å². The molecule has 5 nitrogen and oxygen atoms in total. The highest BCUT2D eigenvalue weighted by Crippen LogP contribution is 2.38. The van der Waals surface area contributed by atoms with E-state index in [2.05, 4.69) is 0 Å². The molecule has 0 aliphatic carbocycles. The monoisotopic (exact) mass is 421 g/mol. The lowest BCUT2D eigenvalue weighted by Gasteiger charge is -2.21. The quantitative estimate of drug-likeness (QED) is 0.438. The van der Waals surface area contributed by atoms with E-state index in [1.165, 1.54) is 0 Å². The third kappa shape index (κ3) is 3.14. The normalized spacial score (nSPS) is 14.6. The Bertz CT molecular complexity index is 1460. The molecule has 0 spiro atoms. The largest absolute Gasteiger partial charge is 0.305 e. The SMILES string of the molecule is Cc1cccc(-n2c(/C=C3/C(=O)N(C(C)C)c4ccccc43)nc3ccccc3c2=O)c1. The van der Waals surface area contributed by atoms with Crippen LogP contribution in [0, 0.1) is 6.92 Å². The Morgan fingerprint density at radius 1 is 0.906 bits per heavy atom. The molecule has 1 aliphatic heterocycles. The molecule has 0 unspecified atom stereocenters. The number of para-hydroxylation sites is 2. The minimum absolute atomic E-state index is 0.0121. The van der Waals surface area contributed by atoms with E-state index in [1.54, 1.807) is 21.6 Å². The molecule has 1 aliphatic rings. The summed E-state index contributed by atoms with van der Waals surface area (Å²) in [5, 5.41) is 0.540. The van der Waals surface area contributed by atoms with Crippen LogP contribution in [0.3, 0.4) is 0 Å². The summed E-state index contributed by atoms with van der Waals surface area (Å²) in [6.45, 7) is 5.97. The lowest BCUT2D eigenvalue weighted by Crippen LogP contribution is -2.33. The molecule has 4 aromatic rings. The van der Waals surface area contributed by atoms with Gasteiger partial charge in [0.25, 0.3) is 11.5 Å². The Morgan fingerprint density at radius 3 is 2.44 bits per heavy atom. The van der Waals surface area contributed by atoms with Gasteiger partial charge in [-0.2, -0.15) is 0 Å². The number of aromatic nitrogens is 2. The van der Waals surface area contributed by atoms with Crippen molar-refractivity contribution in [1.29, 1.82) is 0 Å². The van der Waals surface area contributed by atoms with Gasteiger partial charge in [-0.05, 0) is 62.7 Å². The van der Waals surface area contributed by atoms with E-state index in [9.17, 15) is 9.59 Å². The maximum atomic E-state index is 13.5. The lowest BCUT2D eigenvalue weighted by atomic mass is 10.1. The van der Waals surface area contributed by atoms with Gasteiger partial charge in [-0.1, -0.05) is 42.5 Å². The minimum atomic E-state index is -0.160. The Labute approximate surface area is 186 Å². The summed E-state index contributed by atoms with van der Waals surface area (Å²) >= 11 is 0. The maximum Gasteiger partial charge on any atom is 0.266 e. The minimum Gasteiger partial charge on any atom is -0.305 e. The first-order valence-electron chi connectivity index (χ1n) is 10.7. The van der Waals surface area contributed by atoms with Crippen LogP contribution in [0.15, 0.2) is 77.6 Å². The standard InChI is InChI=1S/C27H23N3O2/c1-17(2)29-24-14-7-5-11-20(24)22(27(29)32)16-25-28-23-13-6-4-12-21(23)26(31)30(25)19-10-8-9-18(3)15-19/h4-17H,1-3H3/b22-16+. The molecule has 0 fully saturated rings.